The summed E-state index contributed by atoms with van der Waals surface area (Å²) in [6, 6.07) is 51.1. The van der Waals surface area contributed by atoms with E-state index in [-0.39, 0.29) is 20.1 Å². The molecule has 0 aliphatic carbocycles. The third-order valence-electron chi connectivity index (χ3n) is 7.27. The molecule has 8 rings (SSSR count). The van der Waals surface area contributed by atoms with Crippen LogP contribution in [-0.4, -0.2) is 15.0 Å². The Balaban J connectivity index is 0.000000144. The van der Waals surface area contributed by atoms with Gasteiger partial charge in [-0.2, -0.15) is 0 Å². The van der Waals surface area contributed by atoms with Crippen LogP contribution in [0.3, 0.4) is 0 Å². The maximum atomic E-state index is 6.04. The Labute approximate surface area is 283 Å². The van der Waals surface area contributed by atoms with E-state index in [1.807, 2.05) is 121 Å². The van der Waals surface area contributed by atoms with Crippen LogP contribution in [0.15, 0.2) is 150 Å². The van der Waals surface area contributed by atoms with Gasteiger partial charge in [0.1, 0.15) is 5.58 Å². The first-order valence-electron chi connectivity index (χ1n) is 14.7. The van der Waals surface area contributed by atoms with Gasteiger partial charge in [0.25, 0.3) is 0 Å². The Bertz CT molecular complexity index is 1960. The number of furan rings is 1. The molecule has 4 aromatic carbocycles. The van der Waals surface area contributed by atoms with Gasteiger partial charge in [-0.3, -0.25) is 0 Å². The Morgan fingerprint density at radius 3 is 1.70 bits per heavy atom. The molecule has 0 aliphatic rings. The van der Waals surface area contributed by atoms with Crippen molar-refractivity contribution in [2.45, 2.75) is 13.8 Å². The van der Waals surface area contributed by atoms with E-state index in [2.05, 4.69) is 59.1 Å². The molecule has 0 amide bonds. The van der Waals surface area contributed by atoms with Gasteiger partial charge in [0.2, 0.25) is 0 Å². The smallest absolute Gasteiger partial charge is 0.501 e. The van der Waals surface area contributed by atoms with Crippen molar-refractivity contribution in [3.8, 4) is 33.8 Å². The molecule has 0 unspecified atom stereocenters. The number of hydrogen-bond donors (Lipinski definition) is 0. The van der Waals surface area contributed by atoms with Crippen LogP contribution in [0.2, 0.25) is 0 Å². The van der Waals surface area contributed by atoms with E-state index < -0.39 is 0 Å². The molecule has 0 saturated heterocycles. The van der Waals surface area contributed by atoms with Crippen LogP contribution in [0.25, 0.3) is 55.7 Å². The SMILES string of the molecule is Cc1cnc(-c2[c-]ccc3c2oc2ccccc23)cc1C.[Ir+3].[c-]1ccccc1-c1ccccn1.[c-]1ccccc1-c1ccccn1. The molecule has 0 fully saturated rings. The quantitative estimate of drug-likeness (QED) is 0.168. The number of benzene rings is 4. The molecular weight excluding hydrogens is 743 g/mol. The van der Waals surface area contributed by atoms with E-state index in [1.54, 1.807) is 12.4 Å². The standard InChI is InChI=1S/C19H14NO.2C11H8N.Ir/c1-12-10-17(20-11-13(12)2)16-8-5-7-15-14-6-3-4-9-18(14)21-19(15)16;2*1-2-6-10(7-3-1)11-8-4-5-9-12-11;/h3-7,9-11H,1-2H3;2*1-6,8-9H;/q3*-1;+3. The Morgan fingerprint density at radius 1 is 0.522 bits per heavy atom. The molecule has 0 N–H and O–H groups in total. The second-order valence-corrected chi connectivity index (χ2v) is 10.3. The maximum Gasteiger partial charge on any atom is 3.00 e. The summed E-state index contributed by atoms with van der Waals surface area (Å²) >= 11 is 0. The summed E-state index contributed by atoms with van der Waals surface area (Å²) in [5.74, 6) is 0. The van der Waals surface area contributed by atoms with Crippen molar-refractivity contribution in [1.82, 2.24) is 15.0 Å². The molecule has 0 spiro atoms. The van der Waals surface area contributed by atoms with Crippen molar-refractivity contribution in [2.75, 3.05) is 0 Å². The van der Waals surface area contributed by atoms with Crippen molar-refractivity contribution in [1.29, 1.82) is 0 Å². The zero-order valence-corrected chi connectivity index (χ0v) is 27.8. The van der Waals surface area contributed by atoms with Crippen LogP contribution in [0, 0.1) is 32.0 Å². The Kier molecular flexibility index (Phi) is 11.0. The topological polar surface area (TPSA) is 51.8 Å². The van der Waals surface area contributed by atoms with Gasteiger partial charge in [-0.25, -0.2) is 0 Å². The minimum atomic E-state index is 0. The maximum absolute atomic E-state index is 6.04. The first-order valence-corrected chi connectivity index (χ1v) is 14.7. The number of pyridine rings is 3. The number of hydrogen-bond acceptors (Lipinski definition) is 4. The third-order valence-corrected chi connectivity index (χ3v) is 7.27. The van der Waals surface area contributed by atoms with Crippen LogP contribution >= 0.6 is 0 Å². The zero-order chi connectivity index (χ0) is 30.8. The summed E-state index contributed by atoms with van der Waals surface area (Å²) in [5, 5.41) is 2.24. The van der Waals surface area contributed by atoms with E-state index >= 15 is 0 Å². The van der Waals surface area contributed by atoms with Gasteiger partial charge in [0.15, 0.2) is 0 Å². The number of para-hydroxylation sites is 1. The van der Waals surface area contributed by atoms with Gasteiger partial charge >= 0.3 is 20.1 Å². The fourth-order valence-corrected chi connectivity index (χ4v) is 4.79. The second-order valence-electron chi connectivity index (χ2n) is 10.3. The predicted molar refractivity (Wildman–Crippen MR) is 182 cm³/mol. The summed E-state index contributed by atoms with van der Waals surface area (Å²) in [4.78, 5) is 13.0. The van der Waals surface area contributed by atoms with Gasteiger partial charge < -0.3 is 19.4 Å². The van der Waals surface area contributed by atoms with Crippen LogP contribution < -0.4 is 0 Å². The molecule has 0 bridgehead atoms. The summed E-state index contributed by atoms with van der Waals surface area (Å²) in [7, 11) is 0. The normalized spacial score (nSPS) is 10.2. The predicted octanol–water partition coefficient (Wildman–Crippen LogP) is 10.2. The van der Waals surface area contributed by atoms with Gasteiger partial charge in [0, 0.05) is 24.0 Å². The molecule has 4 aromatic heterocycles. The van der Waals surface area contributed by atoms with E-state index in [9.17, 15) is 0 Å². The number of fused-ring (bicyclic) bond motifs is 3. The van der Waals surface area contributed by atoms with Crippen molar-refractivity contribution in [2.24, 2.45) is 0 Å². The van der Waals surface area contributed by atoms with Gasteiger partial charge in [-0.15, -0.1) is 90.0 Å². The molecule has 224 valence electrons. The fraction of sp³-hybridized carbons (Fsp3) is 0.0488. The van der Waals surface area contributed by atoms with E-state index in [0.717, 1.165) is 55.7 Å². The van der Waals surface area contributed by atoms with Crippen LogP contribution in [0.4, 0.5) is 0 Å². The molecule has 0 radical (unpaired) electrons. The Morgan fingerprint density at radius 2 is 1.13 bits per heavy atom. The van der Waals surface area contributed by atoms with Crippen molar-refractivity contribution in [3.05, 3.63) is 175 Å². The third kappa shape index (κ3) is 7.70. The minimum absolute atomic E-state index is 0. The molecule has 8 aromatic rings. The van der Waals surface area contributed by atoms with Gasteiger partial charge in [-0.1, -0.05) is 65.0 Å². The summed E-state index contributed by atoms with van der Waals surface area (Å²) in [6.45, 7) is 4.16. The van der Waals surface area contributed by atoms with E-state index in [4.69, 9.17) is 4.42 Å². The van der Waals surface area contributed by atoms with Crippen molar-refractivity contribution >= 4 is 21.9 Å². The molecule has 0 aliphatic heterocycles. The first-order chi connectivity index (χ1) is 22.2. The molecule has 0 atom stereocenters. The molecule has 4 heterocycles. The van der Waals surface area contributed by atoms with Crippen LogP contribution in [0.1, 0.15) is 11.1 Å². The summed E-state index contributed by atoms with van der Waals surface area (Å²) in [5.41, 5.74) is 10.0. The summed E-state index contributed by atoms with van der Waals surface area (Å²) in [6.07, 6.45) is 5.48. The van der Waals surface area contributed by atoms with Crippen LogP contribution in [0.5, 0.6) is 0 Å². The monoisotopic (exact) mass is 773 g/mol. The zero-order valence-electron chi connectivity index (χ0n) is 25.4. The first kappa shape index (κ1) is 32.2. The van der Waals surface area contributed by atoms with Crippen molar-refractivity contribution < 1.29 is 24.5 Å². The number of rotatable bonds is 3. The van der Waals surface area contributed by atoms with E-state index in [1.165, 1.54) is 11.1 Å². The van der Waals surface area contributed by atoms with Crippen LogP contribution in [-0.2, 0) is 20.1 Å². The minimum Gasteiger partial charge on any atom is -0.501 e. The molecule has 0 saturated carbocycles. The molecule has 4 nitrogen and oxygen atoms in total. The fourth-order valence-electron chi connectivity index (χ4n) is 4.79. The Hall–Kier alpha value is -5.22. The average Bonchev–Trinajstić information content (AvgIpc) is 3.51. The van der Waals surface area contributed by atoms with Crippen molar-refractivity contribution in [3.63, 3.8) is 0 Å². The van der Waals surface area contributed by atoms with Gasteiger partial charge in [0.05, 0.1) is 5.58 Å². The molecular formula is C41H30IrN3O. The number of nitrogens with zero attached hydrogens (tertiary/aromatic N) is 3. The second kappa shape index (κ2) is 15.7. The number of aryl methyl sites for hydroxylation is 2. The average molecular weight is 773 g/mol. The number of aromatic nitrogens is 3. The molecule has 46 heavy (non-hydrogen) atoms. The molecule has 5 heteroatoms. The largest absolute Gasteiger partial charge is 3.00 e. The van der Waals surface area contributed by atoms with E-state index in [0.29, 0.717) is 0 Å². The summed E-state index contributed by atoms with van der Waals surface area (Å²) < 4.78 is 6.04. The van der Waals surface area contributed by atoms with Gasteiger partial charge in [-0.05, 0) is 54.7 Å².